The van der Waals surface area contributed by atoms with Crippen LogP contribution in [0, 0.1) is 0 Å². The number of fused-ring (bicyclic) bond motifs is 1. The molecule has 0 saturated heterocycles. The molecule has 21 heavy (non-hydrogen) atoms. The quantitative estimate of drug-likeness (QED) is 0.871. The molecule has 112 valence electrons. The predicted octanol–water partition coefficient (Wildman–Crippen LogP) is 4.70. The van der Waals surface area contributed by atoms with Crippen molar-refractivity contribution in [1.29, 1.82) is 0 Å². The van der Waals surface area contributed by atoms with Crippen molar-refractivity contribution in [1.82, 2.24) is 0 Å². The maximum atomic E-state index is 10.2. The molecule has 0 unspecified atom stereocenters. The van der Waals surface area contributed by atoms with Crippen molar-refractivity contribution in [3.05, 3.63) is 47.1 Å². The monoisotopic (exact) mass is 284 g/mol. The van der Waals surface area contributed by atoms with Gasteiger partial charge in [0, 0.05) is 5.56 Å². The molecule has 0 amide bonds. The van der Waals surface area contributed by atoms with Crippen LogP contribution in [0.4, 0.5) is 0 Å². The number of rotatable bonds is 3. The highest BCUT2D eigenvalue weighted by atomic mass is 16.5. The Morgan fingerprint density at radius 3 is 2.81 bits per heavy atom. The molecule has 1 aromatic rings. The van der Waals surface area contributed by atoms with Gasteiger partial charge in [0.05, 0.1) is 0 Å². The molecule has 1 aliphatic heterocycles. The van der Waals surface area contributed by atoms with E-state index < -0.39 is 0 Å². The number of allylic oxidation sites excluding steroid dienone is 4. The number of hydrogen-bond acceptors (Lipinski definition) is 2. The van der Waals surface area contributed by atoms with Crippen LogP contribution in [-0.2, 0) is 12.8 Å². The second-order valence-electron chi connectivity index (χ2n) is 6.71. The van der Waals surface area contributed by atoms with Gasteiger partial charge in [0.15, 0.2) is 0 Å². The summed E-state index contributed by atoms with van der Waals surface area (Å²) < 4.78 is 6.04. The Morgan fingerprint density at radius 2 is 2.05 bits per heavy atom. The molecule has 1 aromatic carbocycles. The van der Waals surface area contributed by atoms with Gasteiger partial charge in [0.25, 0.3) is 0 Å². The van der Waals surface area contributed by atoms with Crippen molar-refractivity contribution in [2.24, 2.45) is 0 Å². The minimum absolute atomic E-state index is 0.132. The Morgan fingerprint density at radius 1 is 1.19 bits per heavy atom. The second kappa shape index (κ2) is 5.59. The van der Waals surface area contributed by atoms with Gasteiger partial charge >= 0.3 is 0 Å². The van der Waals surface area contributed by atoms with E-state index >= 15 is 0 Å². The standard InChI is InChI=1S/C19H24O2/c1-19(2)11-10-16-17(20)12-15(13-18(16)21-19)9-8-14-6-4-3-5-7-14/h4,6-7,12-13,20H,3,5,8-11H2,1-2H3. The number of ether oxygens (including phenoxy) is 1. The molecule has 2 heteroatoms. The Bertz CT molecular complexity index is 594. The summed E-state index contributed by atoms with van der Waals surface area (Å²) in [7, 11) is 0. The predicted molar refractivity (Wildman–Crippen MR) is 85.9 cm³/mol. The van der Waals surface area contributed by atoms with Crippen molar-refractivity contribution in [2.45, 2.75) is 58.0 Å². The highest BCUT2D eigenvalue weighted by Crippen LogP contribution is 2.39. The molecule has 2 aliphatic rings. The molecule has 1 heterocycles. The molecule has 0 fully saturated rings. The van der Waals surface area contributed by atoms with Crippen LogP contribution >= 0.6 is 0 Å². The van der Waals surface area contributed by atoms with Crippen molar-refractivity contribution in [3.63, 3.8) is 0 Å². The first kappa shape index (κ1) is 14.2. The minimum Gasteiger partial charge on any atom is -0.508 e. The third kappa shape index (κ3) is 3.31. The average Bonchev–Trinajstić information content (AvgIpc) is 2.45. The zero-order valence-electron chi connectivity index (χ0n) is 13.0. The Kier molecular flexibility index (Phi) is 3.79. The summed E-state index contributed by atoms with van der Waals surface area (Å²) in [6, 6.07) is 4.02. The van der Waals surface area contributed by atoms with Gasteiger partial charge in [-0.25, -0.2) is 0 Å². The molecular weight excluding hydrogens is 260 g/mol. The molecule has 2 nitrogen and oxygen atoms in total. The molecule has 0 bridgehead atoms. The molecule has 3 rings (SSSR count). The van der Waals surface area contributed by atoms with Crippen LogP contribution in [0.1, 0.15) is 50.7 Å². The van der Waals surface area contributed by atoms with E-state index in [4.69, 9.17) is 4.74 Å². The van der Waals surface area contributed by atoms with Gasteiger partial charge in [-0.2, -0.15) is 0 Å². The molecule has 0 atom stereocenters. The Hall–Kier alpha value is -1.70. The lowest BCUT2D eigenvalue weighted by Gasteiger charge is -2.33. The number of benzene rings is 1. The summed E-state index contributed by atoms with van der Waals surface area (Å²) in [6.45, 7) is 4.22. The van der Waals surface area contributed by atoms with Crippen LogP contribution in [0.25, 0.3) is 0 Å². The van der Waals surface area contributed by atoms with Crippen molar-refractivity contribution in [2.75, 3.05) is 0 Å². The maximum absolute atomic E-state index is 10.2. The lowest BCUT2D eigenvalue weighted by atomic mass is 9.92. The van der Waals surface area contributed by atoms with Crippen LogP contribution < -0.4 is 4.74 Å². The zero-order chi connectivity index (χ0) is 14.9. The highest BCUT2D eigenvalue weighted by Gasteiger charge is 2.28. The topological polar surface area (TPSA) is 29.5 Å². The molecular formula is C19H24O2. The van der Waals surface area contributed by atoms with Gasteiger partial charge < -0.3 is 9.84 Å². The SMILES string of the molecule is CC1(C)CCc2c(O)cc(CCC3=CCCC=C3)cc2O1. The van der Waals surface area contributed by atoms with Crippen LogP contribution in [-0.4, -0.2) is 10.7 Å². The normalized spacial score (nSPS) is 19.6. The summed E-state index contributed by atoms with van der Waals surface area (Å²) in [5, 5.41) is 10.2. The van der Waals surface area contributed by atoms with Crippen LogP contribution in [0.3, 0.4) is 0 Å². The number of phenols is 1. The summed E-state index contributed by atoms with van der Waals surface area (Å²) in [6.07, 6.45) is 12.9. The van der Waals surface area contributed by atoms with Gasteiger partial charge in [0.2, 0.25) is 0 Å². The van der Waals surface area contributed by atoms with Gasteiger partial charge in [-0.05, 0) is 70.1 Å². The van der Waals surface area contributed by atoms with E-state index in [1.165, 1.54) is 5.57 Å². The number of aromatic hydroxyl groups is 1. The average molecular weight is 284 g/mol. The molecule has 0 spiro atoms. The third-order valence-corrected chi connectivity index (χ3v) is 4.38. The smallest absolute Gasteiger partial charge is 0.127 e. The van der Waals surface area contributed by atoms with Crippen molar-refractivity contribution in [3.8, 4) is 11.5 Å². The van der Waals surface area contributed by atoms with Gasteiger partial charge in [-0.3, -0.25) is 0 Å². The van der Waals surface area contributed by atoms with Gasteiger partial charge in [-0.1, -0.05) is 23.8 Å². The molecule has 1 aliphatic carbocycles. The number of phenolic OH excluding ortho intramolecular Hbond substituents is 1. The van der Waals surface area contributed by atoms with E-state index in [0.29, 0.717) is 5.75 Å². The Labute approximate surface area is 127 Å². The van der Waals surface area contributed by atoms with Gasteiger partial charge in [-0.15, -0.1) is 0 Å². The van der Waals surface area contributed by atoms with Gasteiger partial charge in [0.1, 0.15) is 17.1 Å². The first-order chi connectivity index (χ1) is 10.0. The summed E-state index contributed by atoms with van der Waals surface area (Å²) in [5.41, 5.74) is 3.39. The largest absolute Gasteiger partial charge is 0.508 e. The van der Waals surface area contributed by atoms with E-state index in [1.807, 2.05) is 6.07 Å². The summed E-state index contributed by atoms with van der Waals surface area (Å²) in [5.74, 6) is 1.26. The summed E-state index contributed by atoms with van der Waals surface area (Å²) in [4.78, 5) is 0. The fourth-order valence-corrected chi connectivity index (χ4v) is 3.09. The zero-order valence-corrected chi connectivity index (χ0v) is 13.0. The van der Waals surface area contributed by atoms with E-state index in [-0.39, 0.29) is 5.60 Å². The molecule has 0 saturated carbocycles. The van der Waals surface area contributed by atoms with Crippen LogP contribution in [0.15, 0.2) is 35.9 Å². The van der Waals surface area contributed by atoms with Crippen molar-refractivity contribution < 1.29 is 9.84 Å². The number of aryl methyl sites for hydroxylation is 1. The molecule has 1 N–H and O–H groups in total. The number of hydrogen-bond donors (Lipinski definition) is 1. The summed E-state index contributed by atoms with van der Waals surface area (Å²) >= 11 is 0. The highest BCUT2D eigenvalue weighted by molar-refractivity contribution is 5.49. The van der Waals surface area contributed by atoms with Crippen molar-refractivity contribution >= 4 is 0 Å². The van der Waals surface area contributed by atoms with E-state index in [9.17, 15) is 5.11 Å². The first-order valence-electron chi connectivity index (χ1n) is 7.93. The lowest BCUT2D eigenvalue weighted by molar-refractivity contribution is 0.0836. The lowest BCUT2D eigenvalue weighted by Crippen LogP contribution is -2.32. The fourth-order valence-electron chi connectivity index (χ4n) is 3.09. The molecule has 0 aromatic heterocycles. The molecule has 0 radical (unpaired) electrons. The van der Waals surface area contributed by atoms with Crippen LogP contribution in [0.5, 0.6) is 11.5 Å². The maximum Gasteiger partial charge on any atom is 0.127 e. The second-order valence-corrected chi connectivity index (χ2v) is 6.71. The first-order valence-corrected chi connectivity index (χ1v) is 7.93. The minimum atomic E-state index is -0.132. The van der Waals surface area contributed by atoms with E-state index in [2.05, 4.69) is 38.1 Å². The van der Waals surface area contributed by atoms with Crippen LogP contribution in [0.2, 0.25) is 0 Å². The van der Waals surface area contributed by atoms with E-state index in [0.717, 1.165) is 55.4 Å². The Balaban J connectivity index is 1.76. The fraction of sp³-hybridized carbons (Fsp3) is 0.474. The van der Waals surface area contributed by atoms with E-state index in [1.54, 1.807) is 0 Å². The third-order valence-electron chi connectivity index (χ3n) is 4.38.